The van der Waals surface area contributed by atoms with Crippen molar-refractivity contribution >= 4 is 17.3 Å². The van der Waals surface area contributed by atoms with Crippen LogP contribution >= 0.6 is 0 Å². The number of hydrogen-bond acceptors (Lipinski definition) is 5. The Morgan fingerprint density at radius 1 is 1.19 bits per heavy atom. The first-order valence-corrected chi connectivity index (χ1v) is 7.74. The molecule has 2 aromatic carbocycles. The Hall–Kier alpha value is -3.68. The molecule has 132 valence electrons. The fourth-order valence-electron chi connectivity index (χ4n) is 2.44. The van der Waals surface area contributed by atoms with Crippen LogP contribution < -0.4 is 10.1 Å². The quantitative estimate of drug-likeness (QED) is 0.539. The van der Waals surface area contributed by atoms with Crippen LogP contribution in [0.25, 0.3) is 11.3 Å². The number of rotatable bonds is 5. The van der Waals surface area contributed by atoms with E-state index in [1.54, 1.807) is 20.1 Å². The molecule has 0 bridgehead atoms. The molecule has 0 aliphatic heterocycles. The van der Waals surface area contributed by atoms with Crippen LogP contribution in [0.5, 0.6) is 5.75 Å². The second-order valence-electron chi connectivity index (χ2n) is 5.61. The van der Waals surface area contributed by atoms with Crippen LogP contribution in [0.15, 0.2) is 48.5 Å². The van der Waals surface area contributed by atoms with Crippen molar-refractivity contribution in [2.24, 2.45) is 0 Å². The highest BCUT2D eigenvalue weighted by molar-refractivity contribution is 6.03. The summed E-state index contributed by atoms with van der Waals surface area (Å²) in [5, 5.41) is 20.4. The van der Waals surface area contributed by atoms with Crippen molar-refractivity contribution in [3.63, 3.8) is 0 Å². The minimum Gasteiger partial charge on any atom is -0.497 e. The van der Waals surface area contributed by atoms with Gasteiger partial charge >= 0.3 is 0 Å². The van der Waals surface area contributed by atoms with Crippen molar-refractivity contribution in [1.29, 1.82) is 0 Å². The number of hydrogen-bond donors (Lipinski definition) is 2. The lowest BCUT2D eigenvalue weighted by Gasteiger charge is -2.06. The standard InChI is InChI=1S/C18H16N4O4/c1-11-9-13(22(24)25)5-8-15(11)19-18(23)17-10-16(20-21-17)12-3-6-14(26-2)7-4-12/h3-10H,1-2H3,(H,19,23)(H,20,21). The Labute approximate surface area is 149 Å². The van der Waals surface area contributed by atoms with E-state index in [1.165, 1.54) is 18.2 Å². The Kier molecular flexibility index (Phi) is 4.66. The molecule has 0 radical (unpaired) electrons. The van der Waals surface area contributed by atoms with Crippen LogP contribution in [0.1, 0.15) is 16.1 Å². The van der Waals surface area contributed by atoms with Gasteiger partial charge in [0.25, 0.3) is 11.6 Å². The van der Waals surface area contributed by atoms with Gasteiger partial charge in [-0.25, -0.2) is 0 Å². The third-order valence-electron chi connectivity index (χ3n) is 3.88. The van der Waals surface area contributed by atoms with Gasteiger partial charge in [-0.05, 0) is 48.9 Å². The molecule has 1 heterocycles. The zero-order valence-corrected chi connectivity index (χ0v) is 14.1. The van der Waals surface area contributed by atoms with Crippen molar-refractivity contribution in [2.75, 3.05) is 12.4 Å². The second kappa shape index (κ2) is 7.06. The van der Waals surface area contributed by atoms with Gasteiger partial charge in [0.2, 0.25) is 0 Å². The number of non-ortho nitro benzene ring substituents is 1. The van der Waals surface area contributed by atoms with Crippen LogP contribution in [-0.4, -0.2) is 28.1 Å². The summed E-state index contributed by atoms with van der Waals surface area (Å²) in [5.41, 5.74) is 2.83. The Balaban J connectivity index is 1.76. The first-order valence-electron chi connectivity index (χ1n) is 7.74. The van der Waals surface area contributed by atoms with E-state index in [-0.39, 0.29) is 17.3 Å². The highest BCUT2D eigenvalue weighted by Crippen LogP contribution is 2.23. The van der Waals surface area contributed by atoms with Crippen molar-refractivity contribution < 1.29 is 14.5 Å². The predicted molar refractivity (Wildman–Crippen MR) is 96.4 cm³/mol. The highest BCUT2D eigenvalue weighted by Gasteiger charge is 2.14. The molecule has 0 spiro atoms. The van der Waals surface area contributed by atoms with Gasteiger partial charge in [-0.2, -0.15) is 5.10 Å². The molecule has 26 heavy (non-hydrogen) atoms. The SMILES string of the molecule is COc1ccc(-c2cc(C(=O)Nc3ccc([N+](=O)[O-])cc3C)[nH]n2)cc1. The van der Waals surface area contributed by atoms with E-state index < -0.39 is 4.92 Å². The number of aromatic nitrogens is 2. The number of aryl methyl sites for hydroxylation is 1. The monoisotopic (exact) mass is 352 g/mol. The fraction of sp³-hybridized carbons (Fsp3) is 0.111. The lowest BCUT2D eigenvalue weighted by molar-refractivity contribution is -0.384. The van der Waals surface area contributed by atoms with E-state index in [0.29, 0.717) is 16.9 Å². The molecule has 0 atom stereocenters. The van der Waals surface area contributed by atoms with Crippen molar-refractivity contribution in [3.8, 4) is 17.0 Å². The number of benzene rings is 2. The van der Waals surface area contributed by atoms with Crippen molar-refractivity contribution in [3.05, 3.63) is 69.9 Å². The first-order chi connectivity index (χ1) is 12.5. The summed E-state index contributed by atoms with van der Waals surface area (Å²) >= 11 is 0. The number of amides is 1. The van der Waals surface area contributed by atoms with E-state index >= 15 is 0 Å². The van der Waals surface area contributed by atoms with E-state index in [0.717, 1.165) is 11.3 Å². The van der Waals surface area contributed by atoms with Crippen molar-refractivity contribution in [2.45, 2.75) is 6.92 Å². The number of nitro groups is 1. The molecule has 2 N–H and O–H groups in total. The summed E-state index contributed by atoms with van der Waals surface area (Å²) in [6.45, 7) is 1.69. The maximum Gasteiger partial charge on any atom is 0.273 e. The summed E-state index contributed by atoms with van der Waals surface area (Å²) in [5.74, 6) is 0.352. The summed E-state index contributed by atoms with van der Waals surface area (Å²) in [6.07, 6.45) is 0. The predicted octanol–water partition coefficient (Wildman–Crippen LogP) is 3.55. The van der Waals surface area contributed by atoms with Gasteiger partial charge in [0.15, 0.2) is 0 Å². The normalized spacial score (nSPS) is 10.4. The molecular weight excluding hydrogens is 336 g/mol. The molecular formula is C18H16N4O4. The van der Waals surface area contributed by atoms with Gasteiger partial charge in [-0.15, -0.1) is 0 Å². The van der Waals surface area contributed by atoms with Crippen LogP contribution in [0, 0.1) is 17.0 Å². The zero-order valence-electron chi connectivity index (χ0n) is 14.1. The Bertz CT molecular complexity index is 964. The molecule has 0 aliphatic rings. The number of carbonyl (C=O) groups is 1. The van der Waals surface area contributed by atoms with Crippen LogP contribution in [0.3, 0.4) is 0 Å². The molecule has 8 nitrogen and oxygen atoms in total. The van der Waals surface area contributed by atoms with Crippen LogP contribution in [0.4, 0.5) is 11.4 Å². The molecule has 0 saturated heterocycles. The summed E-state index contributed by atoms with van der Waals surface area (Å²) in [7, 11) is 1.59. The van der Waals surface area contributed by atoms with Crippen molar-refractivity contribution in [1.82, 2.24) is 10.2 Å². The lowest BCUT2D eigenvalue weighted by atomic mass is 10.1. The molecule has 0 saturated carbocycles. The van der Waals surface area contributed by atoms with E-state index in [4.69, 9.17) is 4.74 Å². The molecule has 3 rings (SSSR count). The number of methoxy groups -OCH3 is 1. The summed E-state index contributed by atoms with van der Waals surface area (Å²) in [6, 6.07) is 13.2. The third-order valence-corrected chi connectivity index (χ3v) is 3.88. The highest BCUT2D eigenvalue weighted by atomic mass is 16.6. The number of H-pyrrole nitrogens is 1. The fourth-order valence-corrected chi connectivity index (χ4v) is 2.44. The third kappa shape index (κ3) is 3.54. The molecule has 1 aromatic heterocycles. The number of aromatic amines is 1. The first kappa shape index (κ1) is 17.2. The minimum absolute atomic E-state index is 0.0242. The van der Waals surface area contributed by atoms with Crippen LogP contribution in [0.2, 0.25) is 0 Å². The average Bonchev–Trinajstić information content (AvgIpc) is 3.13. The van der Waals surface area contributed by atoms with E-state index in [9.17, 15) is 14.9 Å². The Morgan fingerprint density at radius 3 is 2.54 bits per heavy atom. The number of nitro benzene ring substituents is 1. The number of nitrogens with zero attached hydrogens (tertiary/aromatic N) is 2. The van der Waals surface area contributed by atoms with Gasteiger partial charge < -0.3 is 10.1 Å². The molecule has 3 aromatic rings. The van der Waals surface area contributed by atoms with Gasteiger partial charge in [-0.1, -0.05) is 0 Å². The zero-order chi connectivity index (χ0) is 18.7. The summed E-state index contributed by atoms with van der Waals surface area (Å²) in [4.78, 5) is 22.7. The van der Waals surface area contributed by atoms with Gasteiger partial charge in [0, 0.05) is 23.4 Å². The van der Waals surface area contributed by atoms with Gasteiger partial charge in [-0.3, -0.25) is 20.0 Å². The van der Waals surface area contributed by atoms with Gasteiger partial charge in [0.1, 0.15) is 11.4 Å². The number of anilines is 1. The number of nitrogens with one attached hydrogen (secondary N) is 2. The smallest absolute Gasteiger partial charge is 0.273 e. The maximum atomic E-state index is 12.4. The Morgan fingerprint density at radius 2 is 1.92 bits per heavy atom. The molecule has 0 aliphatic carbocycles. The molecule has 0 fully saturated rings. The molecule has 8 heteroatoms. The average molecular weight is 352 g/mol. The van der Waals surface area contributed by atoms with Gasteiger partial charge in [0.05, 0.1) is 17.7 Å². The second-order valence-corrected chi connectivity index (χ2v) is 5.61. The topological polar surface area (TPSA) is 110 Å². The van der Waals surface area contributed by atoms with Crippen LogP contribution in [-0.2, 0) is 0 Å². The van der Waals surface area contributed by atoms with E-state index in [2.05, 4.69) is 15.5 Å². The minimum atomic E-state index is -0.478. The molecule has 1 amide bonds. The maximum absolute atomic E-state index is 12.4. The number of ether oxygens (including phenoxy) is 1. The molecule has 0 unspecified atom stereocenters. The van der Waals surface area contributed by atoms with E-state index in [1.807, 2.05) is 24.3 Å². The largest absolute Gasteiger partial charge is 0.497 e. The lowest BCUT2D eigenvalue weighted by Crippen LogP contribution is -2.13. The summed E-state index contributed by atoms with van der Waals surface area (Å²) < 4.78 is 5.11. The number of carbonyl (C=O) groups excluding carboxylic acids is 1.